The van der Waals surface area contributed by atoms with Crippen LogP contribution in [0.3, 0.4) is 0 Å². The molecule has 0 aromatic rings. The smallest absolute Gasteiger partial charge is 0.0281 e. The molecule has 2 aliphatic heterocycles. The molecule has 1 N–H and O–H groups in total. The first-order valence-corrected chi connectivity index (χ1v) is 6.08. The lowest BCUT2D eigenvalue weighted by Crippen LogP contribution is -2.48. The van der Waals surface area contributed by atoms with Crippen LogP contribution in [0.4, 0.5) is 0 Å². The van der Waals surface area contributed by atoms with E-state index in [0.29, 0.717) is 5.54 Å². The van der Waals surface area contributed by atoms with Gasteiger partial charge in [0, 0.05) is 24.7 Å². The Morgan fingerprint density at radius 1 is 1.43 bits per heavy atom. The summed E-state index contributed by atoms with van der Waals surface area (Å²) in [7, 11) is 0. The van der Waals surface area contributed by atoms with E-state index in [1.807, 2.05) is 0 Å². The molecular weight excluding hydrogens is 172 g/mol. The zero-order chi connectivity index (χ0) is 10.2. The normalized spacial score (nSPS) is 44.8. The van der Waals surface area contributed by atoms with Gasteiger partial charge in [-0.05, 0) is 45.6 Å². The minimum atomic E-state index is 0.401. The topological polar surface area (TPSA) is 15.3 Å². The molecule has 2 saturated heterocycles. The standard InChI is InChI=1S/C12H24N2/c1-10-7-11(2)14(8-10)9-12(3)5-4-6-13-12/h10-11,13H,4-9H2,1-3H3. The lowest BCUT2D eigenvalue weighted by molar-refractivity contribution is 0.195. The van der Waals surface area contributed by atoms with Gasteiger partial charge in [0.15, 0.2) is 0 Å². The largest absolute Gasteiger partial charge is 0.310 e. The van der Waals surface area contributed by atoms with Gasteiger partial charge < -0.3 is 5.32 Å². The number of nitrogens with zero attached hydrogens (tertiary/aromatic N) is 1. The van der Waals surface area contributed by atoms with Crippen LogP contribution < -0.4 is 5.32 Å². The van der Waals surface area contributed by atoms with Crippen molar-refractivity contribution in [3.05, 3.63) is 0 Å². The Bertz CT molecular complexity index is 196. The molecule has 0 aromatic carbocycles. The Labute approximate surface area is 88.1 Å². The summed E-state index contributed by atoms with van der Waals surface area (Å²) >= 11 is 0. The summed E-state index contributed by atoms with van der Waals surface area (Å²) in [5, 5.41) is 3.65. The maximum atomic E-state index is 3.65. The van der Waals surface area contributed by atoms with Crippen LogP contribution >= 0.6 is 0 Å². The number of hydrogen-bond donors (Lipinski definition) is 1. The van der Waals surface area contributed by atoms with Gasteiger partial charge in [0.25, 0.3) is 0 Å². The Hall–Kier alpha value is -0.0800. The highest BCUT2D eigenvalue weighted by Crippen LogP contribution is 2.27. The van der Waals surface area contributed by atoms with E-state index in [1.165, 1.54) is 38.9 Å². The Kier molecular flexibility index (Phi) is 2.85. The molecule has 0 spiro atoms. The molecule has 2 rings (SSSR count). The molecule has 3 atom stereocenters. The zero-order valence-corrected chi connectivity index (χ0v) is 9.84. The molecule has 2 fully saturated rings. The van der Waals surface area contributed by atoms with E-state index in [2.05, 4.69) is 31.0 Å². The van der Waals surface area contributed by atoms with Gasteiger partial charge in [-0.2, -0.15) is 0 Å². The van der Waals surface area contributed by atoms with Crippen LogP contribution in [0.15, 0.2) is 0 Å². The average Bonchev–Trinajstić information content (AvgIpc) is 2.61. The van der Waals surface area contributed by atoms with Crippen LogP contribution in [0.25, 0.3) is 0 Å². The second-order valence-corrected chi connectivity index (χ2v) is 5.71. The maximum Gasteiger partial charge on any atom is 0.0281 e. The average molecular weight is 196 g/mol. The molecule has 2 heterocycles. The van der Waals surface area contributed by atoms with Crippen LogP contribution in [0.2, 0.25) is 0 Å². The highest BCUT2D eigenvalue weighted by atomic mass is 15.2. The van der Waals surface area contributed by atoms with E-state index in [1.54, 1.807) is 0 Å². The molecule has 2 nitrogen and oxygen atoms in total. The maximum absolute atomic E-state index is 3.65. The first kappa shape index (κ1) is 10.4. The summed E-state index contributed by atoms with van der Waals surface area (Å²) in [6.07, 6.45) is 4.09. The molecule has 0 aliphatic carbocycles. The SMILES string of the molecule is CC1CC(C)N(CC2(C)CCCN2)C1. The molecule has 14 heavy (non-hydrogen) atoms. The van der Waals surface area contributed by atoms with Gasteiger partial charge in [-0.15, -0.1) is 0 Å². The summed E-state index contributed by atoms with van der Waals surface area (Å²) in [5.74, 6) is 0.898. The van der Waals surface area contributed by atoms with Gasteiger partial charge in [-0.1, -0.05) is 6.92 Å². The van der Waals surface area contributed by atoms with Crippen LogP contribution in [-0.4, -0.2) is 36.1 Å². The van der Waals surface area contributed by atoms with E-state index in [4.69, 9.17) is 0 Å². The first-order valence-electron chi connectivity index (χ1n) is 6.08. The molecule has 82 valence electrons. The van der Waals surface area contributed by atoms with Gasteiger partial charge in [0.05, 0.1) is 0 Å². The van der Waals surface area contributed by atoms with Crippen molar-refractivity contribution in [3.63, 3.8) is 0 Å². The number of hydrogen-bond acceptors (Lipinski definition) is 2. The van der Waals surface area contributed by atoms with Crippen molar-refractivity contribution in [1.82, 2.24) is 10.2 Å². The monoisotopic (exact) mass is 196 g/mol. The van der Waals surface area contributed by atoms with Gasteiger partial charge >= 0.3 is 0 Å². The zero-order valence-electron chi connectivity index (χ0n) is 9.84. The van der Waals surface area contributed by atoms with Crippen LogP contribution in [0.1, 0.15) is 40.0 Å². The molecule has 0 radical (unpaired) electrons. The number of nitrogens with one attached hydrogen (secondary N) is 1. The molecule has 2 heteroatoms. The molecule has 3 unspecified atom stereocenters. The fourth-order valence-electron chi connectivity index (χ4n) is 3.15. The van der Waals surface area contributed by atoms with Crippen molar-refractivity contribution in [2.75, 3.05) is 19.6 Å². The van der Waals surface area contributed by atoms with Crippen molar-refractivity contribution in [2.45, 2.75) is 51.6 Å². The Morgan fingerprint density at radius 2 is 2.21 bits per heavy atom. The van der Waals surface area contributed by atoms with E-state index in [9.17, 15) is 0 Å². The van der Waals surface area contributed by atoms with Crippen LogP contribution in [0.5, 0.6) is 0 Å². The highest BCUT2D eigenvalue weighted by Gasteiger charge is 2.34. The third-order valence-electron chi connectivity index (χ3n) is 3.92. The lowest BCUT2D eigenvalue weighted by Gasteiger charge is -2.32. The minimum Gasteiger partial charge on any atom is -0.310 e. The van der Waals surface area contributed by atoms with Crippen LogP contribution in [0, 0.1) is 5.92 Å². The van der Waals surface area contributed by atoms with E-state index < -0.39 is 0 Å². The summed E-state index contributed by atoms with van der Waals surface area (Å²) in [6, 6.07) is 0.796. The van der Waals surface area contributed by atoms with Crippen LogP contribution in [-0.2, 0) is 0 Å². The molecule has 0 aromatic heterocycles. The number of likely N-dealkylation sites (tertiary alicyclic amines) is 1. The van der Waals surface area contributed by atoms with Gasteiger partial charge in [-0.25, -0.2) is 0 Å². The van der Waals surface area contributed by atoms with Crippen molar-refractivity contribution >= 4 is 0 Å². The molecule has 2 aliphatic rings. The van der Waals surface area contributed by atoms with Crippen molar-refractivity contribution in [1.29, 1.82) is 0 Å². The highest BCUT2D eigenvalue weighted by molar-refractivity contribution is 4.94. The molecule has 0 bridgehead atoms. The summed E-state index contributed by atoms with van der Waals surface area (Å²) in [6.45, 7) is 10.9. The van der Waals surface area contributed by atoms with E-state index in [0.717, 1.165) is 12.0 Å². The third kappa shape index (κ3) is 2.12. The fraction of sp³-hybridized carbons (Fsp3) is 1.00. The minimum absolute atomic E-state index is 0.401. The van der Waals surface area contributed by atoms with Crippen molar-refractivity contribution < 1.29 is 0 Å². The second-order valence-electron chi connectivity index (χ2n) is 5.71. The quantitative estimate of drug-likeness (QED) is 0.725. The first-order chi connectivity index (χ1) is 6.59. The predicted molar refractivity (Wildman–Crippen MR) is 60.5 cm³/mol. The van der Waals surface area contributed by atoms with Gasteiger partial charge in [0.2, 0.25) is 0 Å². The third-order valence-corrected chi connectivity index (χ3v) is 3.92. The van der Waals surface area contributed by atoms with Crippen molar-refractivity contribution in [3.8, 4) is 0 Å². The summed E-state index contributed by atoms with van der Waals surface area (Å²) in [5.41, 5.74) is 0.401. The van der Waals surface area contributed by atoms with E-state index >= 15 is 0 Å². The predicted octanol–water partition coefficient (Wildman–Crippen LogP) is 1.86. The summed E-state index contributed by atoms with van der Waals surface area (Å²) < 4.78 is 0. The number of rotatable bonds is 2. The Morgan fingerprint density at radius 3 is 2.71 bits per heavy atom. The van der Waals surface area contributed by atoms with Gasteiger partial charge in [-0.3, -0.25) is 4.90 Å². The fourth-order valence-corrected chi connectivity index (χ4v) is 3.15. The molecule has 0 amide bonds. The summed E-state index contributed by atoms with van der Waals surface area (Å²) in [4.78, 5) is 2.67. The second kappa shape index (κ2) is 3.82. The lowest BCUT2D eigenvalue weighted by atomic mass is 9.99. The molecular formula is C12H24N2. The molecule has 0 saturated carbocycles. The van der Waals surface area contributed by atoms with Crippen molar-refractivity contribution in [2.24, 2.45) is 5.92 Å². The Balaban J connectivity index is 1.90. The van der Waals surface area contributed by atoms with Gasteiger partial charge in [0.1, 0.15) is 0 Å². The van der Waals surface area contributed by atoms with E-state index in [-0.39, 0.29) is 0 Å².